The van der Waals surface area contributed by atoms with Crippen molar-refractivity contribution in [1.82, 2.24) is 5.43 Å². The number of nitrogens with zero attached hydrogens (tertiary/aromatic N) is 1. The van der Waals surface area contributed by atoms with Crippen LogP contribution in [0.5, 0.6) is 11.5 Å². The molecule has 0 aliphatic carbocycles. The Kier molecular flexibility index (Phi) is 10.7. The Labute approximate surface area is 237 Å². The summed E-state index contributed by atoms with van der Waals surface area (Å²) in [7, 11) is 1.53. The van der Waals surface area contributed by atoms with Crippen LogP contribution in [0.15, 0.2) is 59.7 Å². The number of hydrogen-bond donors (Lipinski definition) is 2. The van der Waals surface area contributed by atoms with Gasteiger partial charge in [-0.05, 0) is 64.6 Å². The average Bonchev–Trinajstić information content (AvgIpc) is 2.84. The summed E-state index contributed by atoms with van der Waals surface area (Å²) < 4.78 is 12.2. The Morgan fingerprint density at radius 1 is 1.00 bits per heavy atom. The molecule has 3 aromatic carbocycles. The minimum Gasteiger partial charge on any atom is -0.493 e. The highest BCUT2D eigenvalue weighted by atomic mass is 127. The molecule has 0 aliphatic rings. The first-order valence-corrected chi connectivity index (χ1v) is 12.8. The number of methoxy groups -OCH3 is 1. The predicted molar refractivity (Wildman–Crippen MR) is 152 cm³/mol. The number of anilines is 1. The number of nitrogens with one attached hydrogen (secondary N) is 2. The lowest BCUT2D eigenvalue weighted by molar-refractivity contribution is -0.124. The van der Waals surface area contributed by atoms with E-state index < -0.39 is 5.91 Å². The summed E-state index contributed by atoms with van der Waals surface area (Å²) in [4.78, 5) is 24.1. The number of halogens is 4. The zero-order valence-electron chi connectivity index (χ0n) is 19.0. The van der Waals surface area contributed by atoms with Gasteiger partial charge in [0.1, 0.15) is 6.61 Å². The van der Waals surface area contributed by atoms with Crippen LogP contribution < -0.4 is 20.2 Å². The van der Waals surface area contributed by atoms with Gasteiger partial charge in [0.05, 0.1) is 27.6 Å². The fourth-order valence-electron chi connectivity index (χ4n) is 2.98. The van der Waals surface area contributed by atoms with Crippen LogP contribution in [0.1, 0.15) is 24.0 Å². The van der Waals surface area contributed by atoms with Gasteiger partial charge < -0.3 is 14.8 Å². The van der Waals surface area contributed by atoms with Crippen LogP contribution in [0.2, 0.25) is 15.1 Å². The molecule has 2 N–H and O–H groups in total. The maximum Gasteiger partial charge on any atom is 0.240 e. The van der Waals surface area contributed by atoms with Crippen molar-refractivity contribution in [1.29, 1.82) is 0 Å². The van der Waals surface area contributed by atoms with E-state index in [1.54, 1.807) is 48.5 Å². The van der Waals surface area contributed by atoms with E-state index in [9.17, 15) is 9.59 Å². The molecule has 0 spiro atoms. The Morgan fingerprint density at radius 3 is 2.47 bits per heavy atom. The summed E-state index contributed by atoms with van der Waals surface area (Å²) in [6.07, 6.45) is 1.43. The van der Waals surface area contributed by atoms with Crippen molar-refractivity contribution in [3.8, 4) is 11.5 Å². The minimum atomic E-state index is -0.401. The van der Waals surface area contributed by atoms with Gasteiger partial charge in [-0.15, -0.1) is 0 Å². The van der Waals surface area contributed by atoms with Crippen molar-refractivity contribution >= 4 is 81.1 Å². The van der Waals surface area contributed by atoms with Crippen molar-refractivity contribution in [2.45, 2.75) is 19.4 Å². The smallest absolute Gasteiger partial charge is 0.240 e. The highest BCUT2D eigenvalue weighted by Crippen LogP contribution is 2.35. The molecule has 0 unspecified atom stereocenters. The van der Waals surface area contributed by atoms with Crippen LogP contribution in [0, 0.1) is 3.57 Å². The molecule has 36 heavy (non-hydrogen) atoms. The van der Waals surface area contributed by atoms with Crippen LogP contribution in [0.4, 0.5) is 5.69 Å². The molecule has 0 aliphatic heterocycles. The molecule has 0 aromatic heterocycles. The second-order valence-corrected chi connectivity index (χ2v) is 9.79. The predicted octanol–water partition coefficient (Wildman–Crippen LogP) is 6.71. The maximum absolute atomic E-state index is 12.1. The molecule has 7 nitrogen and oxygen atoms in total. The van der Waals surface area contributed by atoms with E-state index in [0.29, 0.717) is 37.8 Å². The van der Waals surface area contributed by atoms with Gasteiger partial charge in [0, 0.05) is 28.5 Å². The fourth-order valence-corrected chi connectivity index (χ4v) is 4.41. The molecule has 3 rings (SSSR count). The van der Waals surface area contributed by atoms with Gasteiger partial charge in [-0.3, -0.25) is 9.59 Å². The second kappa shape index (κ2) is 13.7. The van der Waals surface area contributed by atoms with E-state index in [4.69, 9.17) is 44.3 Å². The Hall–Kier alpha value is -2.53. The number of amides is 2. The third-order valence-corrected chi connectivity index (χ3v) is 6.49. The van der Waals surface area contributed by atoms with Gasteiger partial charge in [0.2, 0.25) is 11.8 Å². The zero-order chi connectivity index (χ0) is 26.1. The number of hydrazone groups is 1. The summed E-state index contributed by atoms with van der Waals surface area (Å²) in [6.45, 7) is 0.232. The van der Waals surface area contributed by atoms with Gasteiger partial charge in [0.15, 0.2) is 11.5 Å². The van der Waals surface area contributed by atoms with Crippen LogP contribution in [0.3, 0.4) is 0 Å². The molecule has 2 amide bonds. The summed E-state index contributed by atoms with van der Waals surface area (Å²) in [5.74, 6) is 0.324. The molecular weight excluding hydrogens is 640 g/mol. The maximum atomic E-state index is 12.1. The Morgan fingerprint density at radius 2 is 1.75 bits per heavy atom. The van der Waals surface area contributed by atoms with Crippen LogP contribution in [0.25, 0.3) is 0 Å². The number of carbonyl (C=O) groups is 2. The normalized spacial score (nSPS) is 10.8. The van der Waals surface area contributed by atoms with Gasteiger partial charge in [0.25, 0.3) is 0 Å². The van der Waals surface area contributed by atoms with Crippen molar-refractivity contribution in [3.63, 3.8) is 0 Å². The summed E-state index contributed by atoms with van der Waals surface area (Å²) in [5, 5.41) is 8.12. The molecule has 11 heteroatoms. The first-order valence-electron chi connectivity index (χ1n) is 10.6. The van der Waals surface area contributed by atoms with E-state index in [2.05, 4.69) is 38.4 Å². The second-order valence-electron chi connectivity index (χ2n) is 7.38. The lowest BCUT2D eigenvalue weighted by atomic mass is 10.2. The molecule has 3 aromatic rings. The topological polar surface area (TPSA) is 89.0 Å². The van der Waals surface area contributed by atoms with Crippen molar-refractivity contribution in [2.75, 3.05) is 12.4 Å². The molecular formula is C25H21Cl3IN3O4. The third kappa shape index (κ3) is 8.26. The minimum absolute atomic E-state index is 0.0119. The first-order chi connectivity index (χ1) is 17.3. The van der Waals surface area contributed by atoms with E-state index in [-0.39, 0.29) is 25.4 Å². The number of hydrogen-bond acceptors (Lipinski definition) is 5. The summed E-state index contributed by atoms with van der Waals surface area (Å²) >= 11 is 20.3. The molecule has 0 saturated heterocycles. The Balaban J connectivity index is 1.54. The molecule has 0 saturated carbocycles. The van der Waals surface area contributed by atoms with Gasteiger partial charge in [-0.2, -0.15) is 5.10 Å². The number of benzene rings is 3. The Bertz CT molecular complexity index is 1290. The van der Waals surface area contributed by atoms with Crippen LogP contribution >= 0.6 is 57.4 Å². The first kappa shape index (κ1) is 28.0. The number of ether oxygens (including phenoxy) is 2. The molecule has 188 valence electrons. The van der Waals surface area contributed by atoms with E-state index >= 15 is 0 Å². The van der Waals surface area contributed by atoms with Crippen LogP contribution in [-0.2, 0) is 16.2 Å². The molecule has 0 heterocycles. The molecule has 0 fully saturated rings. The highest BCUT2D eigenvalue weighted by molar-refractivity contribution is 14.1. The average molecular weight is 661 g/mol. The molecule has 0 atom stereocenters. The summed E-state index contributed by atoms with van der Waals surface area (Å²) in [5.41, 5.74) is 4.38. The fraction of sp³-hybridized carbons (Fsp3) is 0.160. The quantitative estimate of drug-likeness (QED) is 0.144. The van der Waals surface area contributed by atoms with E-state index in [1.807, 2.05) is 6.07 Å². The SMILES string of the molecule is COc1cc(C=NNC(=O)CCC(=O)Nc2ccccc2Cl)cc(I)c1OCc1ccc(Cl)cc1Cl. The van der Waals surface area contributed by atoms with Gasteiger partial charge in [-0.1, -0.05) is 53.0 Å². The van der Waals surface area contributed by atoms with Gasteiger partial charge >= 0.3 is 0 Å². The van der Waals surface area contributed by atoms with Gasteiger partial charge in [-0.25, -0.2) is 5.43 Å². The van der Waals surface area contributed by atoms with Crippen molar-refractivity contribution in [3.05, 3.63) is 84.4 Å². The largest absolute Gasteiger partial charge is 0.493 e. The standard InChI is InChI=1S/C25H21Cl3IN3O4/c1-35-22-11-15(10-20(29)25(22)36-14-16-6-7-17(26)12-19(16)28)13-30-32-24(34)9-8-23(33)31-21-5-3-2-4-18(21)27/h2-7,10-13H,8-9,14H2,1H3,(H,31,33)(H,32,34). The number of carbonyl (C=O) groups excluding carboxylic acids is 2. The lowest BCUT2D eigenvalue weighted by Crippen LogP contribution is -2.20. The van der Waals surface area contributed by atoms with Crippen molar-refractivity contribution in [2.24, 2.45) is 5.10 Å². The monoisotopic (exact) mass is 659 g/mol. The highest BCUT2D eigenvalue weighted by Gasteiger charge is 2.13. The number of para-hydroxylation sites is 1. The third-order valence-electron chi connectivity index (χ3n) is 4.77. The number of rotatable bonds is 10. The van der Waals surface area contributed by atoms with Crippen molar-refractivity contribution < 1.29 is 19.1 Å². The van der Waals surface area contributed by atoms with E-state index in [0.717, 1.165) is 9.13 Å². The van der Waals surface area contributed by atoms with Crippen LogP contribution in [-0.4, -0.2) is 25.1 Å². The molecule has 0 radical (unpaired) electrons. The molecule has 0 bridgehead atoms. The summed E-state index contributed by atoms with van der Waals surface area (Å²) in [6, 6.07) is 15.6. The zero-order valence-corrected chi connectivity index (χ0v) is 23.4. The van der Waals surface area contributed by atoms with E-state index in [1.165, 1.54) is 13.3 Å². The lowest BCUT2D eigenvalue weighted by Gasteiger charge is -2.14.